The zero-order valence-electron chi connectivity index (χ0n) is 15.0. The predicted octanol–water partition coefficient (Wildman–Crippen LogP) is 5.50. The number of anilines is 4. The molecule has 0 saturated heterocycles. The lowest BCUT2D eigenvalue weighted by molar-refractivity contribution is 1.17. The molecule has 2 N–H and O–H groups in total. The molecule has 0 spiro atoms. The fraction of sp³-hybridized carbons (Fsp3) is 0. The molecule has 5 nitrogen and oxygen atoms in total. The molecule has 3 aromatic carbocycles. The molecule has 0 atom stereocenters. The van der Waals surface area contributed by atoms with Crippen LogP contribution in [0.4, 0.5) is 23.1 Å². The third-order valence-corrected chi connectivity index (χ3v) is 4.11. The van der Waals surface area contributed by atoms with Gasteiger partial charge in [0.05, 0.1) is 17.3 Å². The summed E-state index contributed by atoms with van der Waals surface area (Å²) in [4.78, 5) is 9.26. The SMILES string of the molecule is N#Cc1ccc(Nc2cc(-c3ccccc3)nc(Nc3ccccc3)n2)cc1. The van der Waals surface area contributed by atoms with Gasteiger partial charge in [-0.05, 0) is 36.4 Å². The number of hydrogen-bond acceptors (Lipinski definition) is 5. The molecule has 0 aliphatic rings. The maximum absolute atomic E-state index is 8.96. The van der Waals surface area contributed by atoms with Gasteiger partial charge in [-0.25, -0.2) is 4.98 Å². The van der Waals surface area contributed by atoms with E-state index in [1.54, 1.807) is 12.1 Å². The summed E-state index contributed by atoms with van der Waals surface area (Å²) >= 11 is 0. The Kier molecular flexibility index (Phi) is 4.94. The predicted molar refractivity (Wildman–Crippen MR) is 112 cm³/mol. The maximum Gasteiger partial charge on any atom is 0.229 e. The van der Waals surface area contributed by atoms with Gasteiger partial charge >= 0.3 is 0 Å². The van der Waals surface area contributed by atoms with Crippen molar-refractivity contribution >= 4 is 23.1 Å². The lowest BCUT2D eigenvalue weighted by atomic mass is 10.1. The van der Waals surface area contributed by atoms with Crippen LogP contribution in [0.15, 0.2) is 91.0 Å². The Labute approximate surface area is 163 Å². The fourth-order valence-corrected chi connectivity index (χ4v) is 2.75. The van der Waals surface area contributed by atoms with E-state index in [0.717, 1.165) is 22.6 Å². The van der Waals surface area contributed by atoms with Gasteiger partial charge in [-0.3, -0.25) is 0 Å². The van der Waals surface area contributed by atoms with Crippen LogP contribution in [0.3, 0.4) is 0 Å². The largest absolute Gasteiger partial charge is 0.340 e. The molecule has 4 rings (SSSR count). The molecule has 4 aromatic rings. The van der Waals surface area contributed by atoms with E-state index in [2.05, 4.69) is 26.7 Å². The van der Waals surface area contributed by atoms with Gasteiger partial charge in [0, 0.05) is 23.0 Å². The highest BCUT2D eigenvalue weighted by Crippen LogP contribution is 2.25. The molecule has 0 unspecified atom stereocenters. The fourth-order valence-electron chi connectivity index (χ4n) is 2.75. The number of hydrogen-bond donors (Lipinski definition) is 2. The Morgan fingerprint density at radius 3 is 2.00 bits per heavy atom. The van der Waals surface area contributed by atoms with E-state index < -0.39 is 0 Å². The number of nitrogens with zero attached hydrogens (tertiary/aromatic N) is 3. The summed E-state index contributed by atoms with van der Waals surface area (Å²) in [7, 11) is 0. The van der Waals surface area contributed by atoms with Gasteiger partial charge < -0.3 is 10.6 Å². The lowest BCUT2D eigenvalue weighted by Gasteiger charge is -2.12. The van der Waals surface area contributed by atoms with E-state index in [-0.39, 0.29) is 0 Å². The molecule has 1 heterocycles. The summed E-state index contributed by atoms with van der Waals surface area (Å²) in [6.45, 7) is 0. The monoisotopic (exact) mass is 363 g/mol. The van der Waals surface area contributed by atoms with Crippen LogP contribution in [0.1, 0.15) is 5.56 Å². The van der Waals surface area contributed by atoms with Gasteiger partial charge in [0.25, 0.3) is 0 Å². The summed E-state index contributed by atoms with van der Waals surface area (Å²) in [5.74, 6) is 1.17. The number of nitriles is 1. The molecule has 0 aliphatic heterocycles. The van der Waals surface area contributed by atoms with Crippen molar-refractivity contribution < 1.29 is 0 Å². The summed E-state index contributed by atoms with van der Waals surface area (Å²) < 4.78 is 0. The Morgan fingerprint density at radius 1 is 0.679 bits per heavy atom. The minimum Gasteiger partial charge on any atom is -0.340 e. The van der Waals surface area contributed by atoms with Crippen LogP contribution in [0.25, 0.3) is 11.3 Å². The standard InChI is InChI=1S/C23H17N5/c24-16-17-11-13-20(14-12-17)25-22-15-21(18-7-3-1-4-8-18)27-23(28-22)26-19-9-5-2-6-10-19/h1-15H,(H2,25,26,27,28). The van der Waals surface area contributed by atoms with Gasteiger partial charge in [0.15, 0.2) is 0 Å². The van der Waals surface area contributed by atoms with Crippen LogP contribution >= 0.6 is 0 Å². The van der Waals surface area contributed by atoms with E-state index in [1.807, 2.05) is 78.9 Å². The van der Waals surface area contributed by atoms with Gasteiger partial charge in [-0.1, -0.05) is 48.5 Å². The van der Waals surface area contributed by atoms with Crippen molar-refractivity contribution in [3.63, 3.8) is 0 Å². The van der Waals surface area contributed by atoms with Gasteiger partial charge in [-0.15, -0.1) is 0 Å². The first kappa shape index (κ1) is 17.3. The van der Waals surface area contributed by atoms with E-state index in [1.165, 1.54) is 0 Å². The van der Waals surface area contributed by atoms with Crippen molar-refractivity contribution in [3.05, 3.63) is 96.6 Å². The number of para-hydroxylation sites is 1. The Bertz CT molecular complexity index is 1100. The van der Waals surface area contributed by atoms with E-state index in [0.29, 0.717) is 17.3 Å². The van der Waals surface area contributed by atoms with Crippen LogP contribution < -0.4 is 10.6 Å². The van der Waals surface area contributed by atoms with Gasteiger partial charge in [0.1, 0.15) is 5.82 Å². The topological polar surface area (TPSA) is 73.6 Å². The second-order valence-electron chi connectivity index (χ2n) is 6.13. The highest BCUT2D eigenvalue weighted by Gasteiger charge is 2.08. The van der Waals surface area contributed by atoms with Crippen LogP contribution in [0.2, 0.25) is 0 Å². The van der Waals surface area contributed by atoms with Crippen LogP contribution in [0.5, 0.6) is 0 Å². The third-order valence-electron chi connectivity index (χ3n) is 4.11. The van der Waals surface area contributed by atoms with Crippen molar-refractivity contribution in [2.24, 2.45) is 0 Å². The van der Waals surface area contributed by atoms with Gasteiger partial charge in [-0.2, -0.15) is 10.2 Å². The summed E-state index contributed by atoms with van der Waals surface area (Å²) in [6, 6.07) is 31.0. The number of benzene rings is 3. The van der Waals surface area contributed by atoms with Gasteiger partial charge in [0.2, 0.25) is 5.95 Å². The van der Waals surface area contributed by atoms with Crippen LogP contribution in [-0.4, -0.2) is 9.97 Å². The quantitative estimate of drug-likeness (QED) is 0.489. The average Bonchev–Trinajstić information content (AvgIpc) is 2.75. The molecule has 5 heteroatoms. The Morgan fingerprint density at radius 2 is 1.32 bits per heavy atom. The zero-order valence-corrected chi connectivity index (χ0v) is 15.0. The summed E-state index contributed by atoms with van der Waals surface area (Å²) in [6.07, 6.45) is 0. The second kappa shape index (κ2) is 8.02. The number of aromatic nitrogens is 2. The molecule has 0 saturated carbocycles. The smallest absolute Gasteiger partial charge is 0.229 e. The highest BCUT2D eigenvalue weighted by atomic mass is 15.1. The summed E-state index contributed by atoms with van der Waals surface area (Å²) in [5.41, 5.74) is 4.19. The average molecular weight is 363 g/mol. The van der Waals surface area contributed by atoms with E-state index in [9.17, 15) is 0 Å². The zero-order chi connectivity index (χ0) is 19.2. The van der Waals surface area contributed by atoms with Crippen LogP contribution in [0, 0.1) is 11.3 Å². The first-order chi connectivity index (χ1) is 13.8. The second-order valence-corrected chi connectivity index (χ2v) is 6.13. The summed E-state index contributed by atoms with van der Waals surface area (Å²) in [5, 5.41) is 15.5. The molecule has 0 amide bonds. The number of nitrogens with one attached hydrogen (secondary N) is 2. The molecule has 134 valence electrons. The van der Waals surface area contributed by atoms with Crippen molar-refractivity contribution in [1.29, 1.82) is 5.26 Å². The lowest BCUT2D eigenvalue weighted by Crippen LogP contribution is -2.02. The first-order valence-electron chi connectivity index (χ1n) is 8.84. The van der Waals surface area contributed by atoms with Crippen molar-refractivity contribution in [2.75, 3.05) is 10.6 Å². The van der Waals surface area contributed by atoms with Crippen molar-refractivity contribution in [1.82, 2.24) is 9.97 Å². The molecule has 1 aromatic heterocycles. The number of rotatable bonds is 5. The molecular formula is C23H17N5. The minimum atomic E-state index is 0.503. The Hall–Kier alpha value is -4.17. The molecule has 0 aliphatic carbocycles. The third kappa shape index (κ3) is 4.14. The molecule has 0 fully saturated rings. The van der Waals surface area contributed by atoms with E-state index in [4.69, 9.17) is 5.26 Å². The first-order valence-corrected chi connectivity index (χ1v) is 8.84. The highest BCUT2D eigenvalue weighted by molar-refractivity contribution is 5.69. The van der Waals surface area contributed by atoms with Crippen molar-refractivity contribution in [3.8, 4) is 17.3 Å². The maximum atomic E-state index is 8.96. The van der Waals surface area contributed by atoms with Crippen LogP contribution in [-0.2, 0) is 0 Å². The molecular weight excluding hydrogens is 346 g/mol. The molecule has 0 radical (unpaired) electrons. The molecule has 28 heavy (non-hydrogen) atoms. The Balaban J connectivity index is 1.69. The normalized spacial score (nSPS) is 10.1. The molecule has 0 bridgehead atoms. The minimum absolute atomic E-state index is 0.503. The van der Waals surface area contributed by atoms with Crippen molar-refractivity contribution in [2.45, 2.75) is 0 Å². The van der Waals surface area contributed by atoms with E-state index >= 15 is 0 Å².